The zero-order chi connectivity index (χ0) is 15.9. The first-order valence-electron chi connectivity index (χ1n) is 7.67. The van der Waals surface area contributed by atoms with Gasteiger partial charge in [0, 0.05) is 5.69 Å². The third kappa shape index (κ3) is 4.62. The molecule has 0 heterocycles. The predicted octanol–water partition coefficient (Wildman–Crippen LogP) is 4.53. The van der Waals surface area contributed by atoms with Gasteiger partial charge in [-0.2, -0.15) is 0 Å². The first kappa shape index (κ1) is 16.1. The van der Waals surface area contributed by atoms with E-state index >= 15 is 0 Å². The van der Waals surface area contributed by atoms with Gasteiger partial charge in [-0.05, 0) is 49.1 Å². The maximum absolute atomic E-state index is 11.9. The molecule has 0 aromatic heterocycles. The highest BCUT2D eigenvalue weighted by Gasteiger charge is 2.05. The van der Waals surface area contributed by atoms with Crippen molar-refractivity contribution in [2.45, 2.75) is 33.1 Å². The van der Waals surface area contributed by atoms with Gasteiger partial charge in [-0.3, -0.25) is 4.79 Å². The fourth-order valence-corrected chi connectivity index (χ4v) is 2.11. The van der Waals surface area contributed by atoms with Gasteiger partial charge < -0.3 is 10.1 Å². The second-order valence-electron chi connectivity index (χ2n) is 5.58. The van der Waals surface area contributed by atoms with Crippen LogP contribution in [0.5, 0.6) is 5.75 Å². The number of rotatable bonds is 6. The Morgan fingerprint density at radius 2 is 1.73 bits per heavy atom. The quantitative estimate of drug-likeness (QED) is 0.851. The van der Waals surface area contributed by atoms with Crippen LogP contribution in [0, 0.1) is 6.92 Å². The molecule has 1 atom stereocenters. The van der Waals surface area contributed by atoms with Crippen molar-refractivity contribution in [1.82, 2.24) is 0 Å². The van der Waals surface area contributed by atoms with Gasteiger partial charge in [0.25, 0.3) is 5.91 Å². The van der Waals surface area contributed by atoms with Crippen LogP contribution in [0.15, 0.2) is 48.5 Å². The summed E-state index contributed by atoms with van der Waals surface area (Å²) in [6.45, 7) is 6.39. The number of amides is 1. The van der Waals surface area contributed by atoms with Crippen LogP contribution in [0.25, 0.3) is 0 Å². The van der Waals surface area contributed by atoms with E-state index in [0.29, 0.717) is 11.7 Å². The van der Waals surface area contributed by atoms with Crippen molar-refractivity contribution in [3.05, 3.63) is 59.7 Å². The summed E-state index contributed by atoms with van der Waals surface area (Å²) in [5, 5.41) is 2.81. The van der Waals surface area contributed by atoms with Crippen LogP contribution >= 0.6 is 0 Å². The largest absolute Gasteiger partial charge is 0.484 e. The molecular weight excluding hydrogens is 274 g/mol. The predicted molar refractivity (Wildman–Crippen MR) is 90.5 cm³/mol. The highest BCUT2D eigenvalue weighted by molar-refractivity contribution is 5.91. The number of carbonyl (C=O) groups is 1. The molecule has 1 unspecified atom stereocenters. The van der Waals surface area contributed by atoms with Crippen LogP contribution in [-0.2, 0) is 4.79 Å². The van der Waals surface area contributed by atoms with Crippen LogP contribution in [0.1, 0.15) is 37.3 Å². The molecule has 1 amide bonds. The molecule has 0 fully saturated rings. The highest BCUT2D eigenvalue weighted by atomic mass is 16.5. The summed E-state index contributed by atoms with van der Waals surface area (Å²) in [6.07, 6.45) is 1.11. The molecule has 1 N–H and O–H groups in total. The van der Waals surface area contributed by atoms with E-state index in [0.717, 1.165) is 17.7 Å². The Morgan fingerprint density at radius 1 is 1.09 bits per heavy atom. The minimum atomic E-state index is -0.158. The number of hydrogen-bond acceptors (Lipinski definition) is 2. The summed E-state index contributed by atoms with van der Waals surface area (Å²) in [5.41, 5.74) is 3.24. The van der Waals surface area contributed by atoms with Crippen LogP contribution < -0.4 is 10.1 Å². The van der Waals surface area contributed by atoms with Crippen LogP contribution in [0.3, 0.4) is 0 Å². The number of carbonyl (C=O) groups excluding carboxylic acids is 1. The second kappa shape index (κ2) is 7.64. The minimum absolute atomic E-state index is 0.0105. The van der Waals surface area contributed by atoms with Crippen molar-refractivity contribution in [3.63, 3.8) is 0 Å². The summed E-state index contributed by atoms with van der Waals surface area (Å²) >= 11 is 0. The third-order valence-electron chi connectivity index (χ3n) is 3.77. The molecule has 0 radical (unpaired) electrons. The monoisotopic (exact) mass is 297 g/mol. The molecule has 2 aromatic carbocycles. The van der Waals surface area contributed by atoms with Gasteiger partial charge in [-0.25, -0.2) is 0 Å². The Labute approximate surface area is 132 Å². The van der Waals surface area contributed by atoms with Crippen molar-refractivity contribution in [1.29, 1.82) is 0 Å². The summed E-state index contributed by atoms with van der Waals surface area (Å²) in [4.78, 5) is 11.9. The highest BCUT2D eigenvalue weighted by Crippen LogP contribution is 2.21. The van der Waals surface area contributed by atoms with Crippen LogP contribution in [0.2, 0.25) is 0 Å². The van der Waals surface area contributed by atoms with E-state index in [2.05, 4.69) is 31.3 Å². The second-order valence-corrected chi connectivity index (χ2v) is 5.58. The normalized spacial score (nSPS) is 11.8. The van der Waals surface area contributed by atoms with Gasteiger partial charge in [-0.1, -0.05) is 43.7 Å². The first-order chi connectivity index (χ1) is 10.6. The molecule has 0 saturated heterocycles. The molecule has 3 nitrogen and oxygen atoms in total. The molecule has 0 spiro atoms. The molecular formula is C19H23NO2. The molecule has 2 rings (SSSR count). The first-order valence-corrected chi connectivity index (χ1v) is 7.67. The van der Waals surface area contributed by atoms with E-state index in [-0.39, 0.29) is 12.5 Å². The van der Waals surface area contributed by atoms with Gasteiger partial charge in [0.1, 0.15) is 5.75 Å². The SMILES string of the molecule is CCC(C)c1ccc(OCC(=O)Nc2ccc(C)cc2)cc1. The zero-order valence-electron chi connectivity index (χ0n) is 13.4. The van der Waals surface area contributed by atoms with E-state index in [1.165, 1.54) is 5.56 Å². The molecule has 0 aliphatic rings. The van der Waals surface area contributed by atoms with Crippen molar-refractivity contribution >= 4 is 11.6 Å². The average molecular weight is 297 g/mol. The number of hydrogen-bond donors (Lipinski definition) is 1. The average Bonchev–Trinajstić information content (AvgIpc) is 2.55. The lowest BCUT2D eigenvalue weighted by molar-refractivity contribution is -0.118. The zero-order valence-corrected chi connectivity index (χ0v) is 13.4. The van der Waals surface area contributed by atoms with Gasteiger partial charge in [0.15, 0.2) is 6.61 Å². The van der Waals surface area contributed by atoms with Crippen molar-refractivity contribution in [2.24, 2.45) is 0 Å². The lowest BCUT2D eigenvalue weighted by atomic mass is 9.99. The van der Waals surface area contributed by atoms with Gasteiger partial charge >= 0.3 is 0 Å². The van der Waals surface area contributed by atoms with E-state index in [4.69, 9.17) is 4.74 Å². The Hall–Kier alpha value is -2.29. The molecule has 22 heavy (non-hydrogen) atoms. The number of benzene rings is 2. The molecule has 2 aromatic rings. The molecule has 3 heteroatoms. The third-order valence-corrected chi connectivity index (χ3v) is 3.77. The lowest BCUT2D eigenvalue weighted by Crippen LogP contribution is -2.20. The maximum atomic E-state index is 11.9. The number of anilines is 1. The number of ether oxygens (including phenoxy) is 1. The van der Waals surface area contributed by atoms with Gasteiger partial charge in [-0.15, -0.1) is 0 Å². The lowest BCUT2D eigenvalue weighted by Gasteiger charge is -2.11. The van der Waals surface area contributed by atoms with Crippen LogP contribution in [-0.4, -0.2) is 12.5 Å². The van der Waals surface area contributed by atoms with Gasteiger partial charge in [0.2, 0.25) is 0 Å². The molecule has 0 aliphatic heterocycles. The fourth-order valence-electron chi connectivity index (χ4n) is 2.11. The van der Waals surface area contributed by atoms with Crippen molar-refractivity contribution < 1.29 is 9.53 Å². The molecule has 0 aliphatic carbocycles. The Morgan fingerprint density at radius 3 is 2.32 bits per heavy atom. The van der Waals surface area contributed by atoms with Crippen molar-refractivity contribution in [2.75, 3.05) is 11.9 Å². The van der Waals surface area contributed by atoms with Gasteiger partial charge in [0.05, 0.1) is 0 Å². The Bertz CT molecular complexity index is 602. The minimum Gasteiger partial charge on any atom is -0.484 e. The van der Waals surface area contributed by atoms with E-state index in [1.54, 1.807) is 0 Å². The fraction of sp³-hybridized carbons (Fsp3) is 0.316. The summed E-state index contributed by atoms with van der Waals surface area (Å²) < 4.78 is 5.52. The Kier molecular flexibility index (Phi) is 5.59. The van der Waals surface area contributed by atoms with E-state index < -0.39 is 0 Å². The van der Waals surface area contributed by atoms with Crippen LogP contribution in [0.4, 0.5) is 5.69 Å². The standard InChI is InChI=1S/C19H23NO2/c1-4-15(3)16-7-11-18(12-8-16)22-13-19(21)20-17-9-5-14(2)6-10-17/h5-12,15H,4,13H2,1-3H3,(H,20,21). The van der Waals surface area contributed by atoms with E-state index in [9.17, 15) is 4.79 Å². The topological polar surface area (TPSA) is 38.3 Å². The van der Waals surface area contributed by atoms with E-state index in [1.807, 2.05) is 43.3 Å². The molecule has 0 bridgehead atoms. The maximum Gasteiger partial charge on any atom is 0.262 e. The number of aryl methyl sites for hydroxylation is 1. The Balaban J connectivity index is 1.84. The summed E-state index contributed by atoms with van der Waals surface area (Å²) in [7, 11) is 0. The summed E-state index contributed by atoms with van der Waals surface area (Å²) in [6, 6.07) is 15.6. The van der Waals surface area contributed by atoms with Crippen molar-refractivity contribution in [3.8, 4) is 5.75 Å². The summed E-state index contributed by atoms with van der Waals surface area (Å²) in [5.74, 6) is 1.10. The number of nitrogens with one attached hydrogen (secondary N) is 1. The molecule has 116 valence electrons. The smallest absolute Gasteiger partial charge is 0.262 e. The molecule has 0 saturated carbocycles.